The highest BCUT2D eigenvalue weighted by atomic mass is 35.5. The summed E-state index contributed by atoms with van der Waals surface area (Å²) in [5, 5.41) is 12.7. The molecule has 0 N–H and O–H groups in total. The Morgan fingerprint density at radius 3 is 2.63 bits per heavy atom. The van der Waals surface area contributed by atoms with Gasteiger partial charge in [0.05, 0.1) is 10.4 Å². The first kappa shape index (κ1) is 17.2. The second-order valence-electron chi connectivity index (χ2n) is 6.35. The van der Waals surface area contributed by atoms with Crippen molar-refractivity contribution < 1.29 is 4.92 Å². The summed E-state index contributed by atoms with van der Waals surface area (Å²) in [5.41, 5.74) is 4.68. The molecule has 0 aliphatic heterocycles. The van der Waals surface area contributed by atoms with Gasteiger partial charge >= 0.3 is 0 Å². The van der Waals surface area contributed by atoms with E-state index in [9.17, 15) is 10.1 Å². The van der Waals surface area contributed by atoms with Crippen LogP contribution >= 0.6 is 11.6 Å². The highest BCUT2D eigenvalue weighted by molar-refractivity contribution is 6.29. The summed E-state index contributed by atoms with van der Waals surface area (Å²) in [4.78, 5) is 19.1. The monoisotopic (exact) mass is 378 g/mol. The summed E-state index contributed by atoms with van der Waals surface area (Å²) in [5.74, 6) is 0.661. The van der Waals surface area contributed by atoms with Crippen LogP contribution in [0.3, 0.4) is 0 Å². The van der Waals surface area contributed by atoms with Crippen LogP contribution in [0.5, 0.6) is 0 Å². The first-order valence-electron chi connectivity index (χ1n) is 8.29. The number of hydrogen-bond donors (Lipinski definition) is 0. The van der Waals surface area contributed by atoms with E-state index in [4.69, 9.17) is 11.6 Å². The summed E-state index contributed by atoms with van der Waals surface area (Å²) in [7, 11) is 0. The number of non-ortho nitro benzene ring substituents is 1. The predicted octanol–water partition coefficient (Wildman–Crippen LogP) is 5.27. The zero-order valence-electron chi connectivity index (χ0n) is 14.7. The van der Waals surface area contributed by atoms with E-state index in [0.717, 1.165) is 33.2 Å². The molecule has 2 aromatic heterocycles. The van der Waals surface area contributed by atoms with E-state index in [1.54, 1.807) is 18.2 Å². The molecular formula is C20H15ClN4O2. The van der Waals surface area contributed by atoms with Crippen LogP contribution in [0.25, 0.3) is 27.8 Å². The zero-order valence-corrected chi connectivity index (χ0v) is 15.4. The SMILES string of the molecule is Cc1cc([N+](=O)[O-])cc(-c2ccc3ccn(-c4cc(Cl)ncn4)c3c2)c1C. The van der Waals surface area contributed by atoms with Crippen molar-refractivity contribution in [3.05, 3.63) is 81.4 Å². The molecule has 0 amide bonds. The molecule has 2 aromatic carbocycles. The molecule has 0 aliphatic rings. The Labute approximate surface area is 160 Å². The summed E-state index contributed by atoms with van der Waals surface area (Å²) in [6.07, 6.45) is 3.33. The second-order valence-corrected chi connectivity index (χ2v) is 6.74. The molecule has 4 aromatic rings. The number of halogens is 1. The van der Waals surface area contributed by atoms with Crippen LogP contribution < -0.4 is 0 Å². The number of nitrogens with zero attached hydrogens (tertiary/aromatic N) is 4. The Balaban J connectivity index is 1.92. The largest absolute Gasteiger partial charge is 0.301 e. The molecule has 0 saturated carbocycles. The molecule has 0 atom stereocenters. The molecule has 0 bridgehead atoms. The zero-order chi connectivity index (χ0) is 19.1. The molecule has 6 nitrogen and oxygen atoms in total. The molecule has 0 spiro atoms. The average Bonchev–Trinajstić information content (AvgIpc) is 3.07. The molecule has 4 rings (SSSR count). The number of nitro groups is 1. The van der Waals surface area contributed by atoms with Crippen LogP contribution in [0.4, 0.5) is 5.69 Å². The van der Waals surface area contributed by atoms with Crippen molar-refractivity contribution in [1.29, 1.82) is 0 Å². The Hall–Kier alpha value is -3.25. The second kappa shape index (κ2) is 6.48. The third-order valence-corrected chi connectivity index (χ3v) is 4.94. The van der Waals surface area contributed by atoms with Gasteiger partial charge in [-0.05, 0) is 48.2 Å². The molecule has 2 heterocycles. The van der Waals surface area contributed by atoms with Gasteiger partial charge in [0.25, 0.3) is 5.69 Å². The highest BCUT2D eigenvalue weighted by Crippen LogP contribution is 2.33. The third-order valence-electron chi connectivity index (χ3n) is 4.73. The smallest absolute Gasteiger partial charge is 0.270 e. The fourth-order valence-electron chi connectivity index (χ4n) is 3.20. The molecule has 27 heavy (non-hydrogen) atoms. The van der Waals surface area contributed by atoms with Gasteiger partial charge in [-0.2, -0.15) is 0 Å². The average molecular weight is 379 g/mol. The predicted molar refractivity (Wildman–Crippen MR) is 105 cm³/mol. The summed E-state index contributed by atoms with van der Waals surface area (Å²) < 4.78 is 1.92. The van der Waals surface area contributed by atoms with Crippen LogP contribution in [-0.4, -0.2) is 19.5 Å². The fourth-order valence-corrected chi connectivity index (χ4v) is 3.34. The minimum absolute atomic E-state index is 0.0890. The molecule has 134 valence electrons. The number of rotatable bonds is 3. The number of benzene rings is 2. The van der Waals surface area contributed by atoms with Crippen molar-refractivity contribution in [2.75, 3.05) is 0 Å². The van der Waals surface area contributed by atoms with E-state index in [1.807, 2.05) is 48.9 Å². The number of fused-ring (bicyclic) bond motifs is 1. The first-order chi connectivity index (χ1) is 12.9. The minimum atomic E-state index is -0.361. The van der Waals surface area contributed by atoms with Crippen LogP contribution in [0, 0.1) is 24.0 Å². The minimum Gasteiger partial charge on any atom is -0.301 e. The van der Waals surface area contributed by atoms with Gasteiger partial charge in [-0.15, -0.1) is 0 Å². The lowest BCUT2D eigenvalue weighted by molar-refractivity contribution is -0.384. The summed E-state index contributed by atoms with van der Waals surface area (Å²) >= 11 is 6.00. The van der Waals surface area contributed by atoms with Gasteiger partial charge in [-0.3, -0.25) is 10.1 Å². The Morgan fingerprint density at radius 1 is 1.07 bits per heavy atom. The van der Waals surface area contributed by atoms with E-state index < -0.39 is 0 Å². The molecule has 0 radical (unpaired) electrons. The lowest BCUT2D eigenvalue weighted by Crippen LogP contribution is -1.97. The van der Waals surface area contributed by atoms with Gasteiger partial charge in [0, 0.05) is 29.8 Å². The third kappa shape index (κ3) is 3.04. The van der Waals surface area contributed by atoms with Gasteiger partial charge in [0.2, 0.25) is 0 Å². The molecule has 0 unspecified atom stereocenters. The van der Waals surface area contributed by atoms with E-state index in [1.165, 1.54) is 6.33 Å². The lowest BCUT2D eigenvalue weighted by atomic mass is 9.95. The van der Waals surface area contributed by atoms with Crippen molar-refractivity contribution in [2.24, 2.45) is 0 Å². The van der Waals surface area contributed by atoms with E-state index >= 15 is 0 Å². The van der Waals surface area contributed by atoms with Crippen molar-refractivity contribution in [3.63, 3.8) is 0 Å². The normalized spacial score (nSPS) is 11.1. The van der Waals surface area contributed by atoms with Gasteiger partial charge in [0.1, 0.15) is 17.3 Å². The van der Waals surface area contributed by atoms with Gasteiger partial charge in [-0.25, -0.2) is 9.97 Å². The maximum atomic E-state index is 11.3. The number of aryl methyl sites for hydroxylation is 1. The van der Waals surface area contributed by atoms with E-state index in [2.05, 4.69) is 9.97 Å². The maximum Gasteiger partial charge on any atom is 0.270 e. The summed E-state index contributed by atoms with van der Waals surface area (Å²) in [6.45, 7) is 3.86. The first-order valence-corrected chi connectivity index (χ1v) is 8.67. The molecule has 0 aliphatic carbocycles. The van der Waals surface area contributed by atoms with Crippen LogP contribution in [0.1, 0.15) is 11.1 Å². The van der Waals surface area contributed by atoms with Crippen LogP contribution in [-0.2, 0) is 0 Å². The maximum absolute atomic E-state index is 11.3. The van der Waals surface area contributed by atoms with E-state index in [-0.39, 0.29) is 10.6 Å². The molecular weight excluding hydrogens is 364 g/mol. The number of nitro benzene ring substituents is 1. The molecule has 7 heteroatoms. The fraction of sp³-hybridized carbons (Fsp3) is 0.100. The van der Waals surface area contributed by atoms with E-state index in [0.29, 0.717) is 11.0 Å². The van der Waals surface area contributed by atoms with Crippen LogP contribution in [0.15, 0.2) is 55.0 Å². The van der Waals surface area contributed by atoms with Crippen molar-refractivity contribution in [1.82, 2.24) is 14.5 Å². The van der Waals surface area contributed by atoms with Gasteiger partial charge < -0.3 is 4.57 Å². The molecule has 0 saturated heterocycles. The van der Waals surface area contributed by atoms with Gasteiger partial charge in [-0.1, -0.05) is 23.7 Å². The topological polar surface area (TPSA) is 73.8 Å². The number of hydrogen-bond acceptors (Lipinski definition) is 4. The quantitative estimate of drug-likeness (QED) is 0.276. The van der Waals surface area contributed by atoms with Crippen molar-refractivity contribution >= 4 is 28.2 Å². The standard InChI is InChI=1S/C20H15ClN4O2/c1-12-7-16(25(26)27)9-17(13(12)2)15-4-3-14-5-6-24(18(14)8-15)20-10-19(21)22-11-23-20/h3-11H,1-2H3. The Morgan fingerprint density at radius 2 is 1.89 bits per heavy atom. The Kier molecular flexibility index (Phi) is 4.12. The summed E-state index contributed by atoms with van der Waals surface area (Å²) in [6, 6.07) is 12.9. The molecule has 0 fully saturated rings. The van der Waals surface area contributed by atoms with Crippen molar-refractivity contribution in [3.8, 4) is 16.9 Å². The van der Waals surface area contributed by atoms with Crippen LogP contribution in [0.2, 0.25) is 5.15 Å². The lowest BCUT2D eigenvalue weighted by Gasteiger charge is -2.11. The van der Waals surface area contributed by atoms with Crippen molar-refractivity contribution in [2.45, 2.75) is 13.8 Å². The highest BCUT2D eigenvalue weighted by Gasteiger charge is 2.14. The number of aromatic nitrogens is 3. The van der Waals surface area contributed by atoms with Gasteiger partial charge in [0.15, 0.2) is 0 Å². The Bertz CT molecular complexity index is 1200.